The van der Waals surface area contributed by atoms with Crippen LogP contribution in [0.1, 0.15) is 28.8 Å². The van der Waals surface area contributed by atoms with E-state index in [9.17, 15) is 14.4 Å². The molecule has 162 valence electrons. The quantitative estimate of drug-likeness (QED) is 0.533. The summed E-state index contributed by atoms with van der Waals surface area (Å²) in [6.07, 6.45) is 1.42. The minimum Gasteiger partial charge on any atom is -0.322 e. The molecule has 0 aliphatic carbocycles. The molecule has 0 unspecified atom stereocenters. The zero-order valence-electron chi connectivity index (χ0n) is 17.7. The van der Waals surface area contributed by atoms with Gasteiger partial charge in [0.15, 0.2) is 0 Å². The maximum Gasteiger partial charge on any atom is 0.323 e. The Morgan fingerprint density at radius 2 is 1.56 bits per heavy atom. The third kappa shape index (κ3) is 4.95. The van der Waals surface area contributed by atoms with Crippen LogP contribution in [0.25, 0.3) is 0 Å². The molecule has 0 spiro atoms. The van der Waals surface area contributed by atoms with Gasteiger partial charge in [-0.2, -0.15) is 0 Å². The predicted molar refractivity (Wildman–Crippen MR) is 126 cm³/mol. The molecule has 4 rings (SSSR count). The van der Waals surface area contributed by atoms with E-state index in [0.29, 0.717) is 35.6 Å². The molecule has 7 heteroatoms. The molecule has 4 amide bonds. The molecule has 7 nitrogen and oxygen atoms in total. The van der Waals surface area contributed by atoms with Gasteiger partial charge in [0.2, 0.25) is 5.91 Å². The van der Waals surface area contributed by atoms with Crippen molar-refractivity contribution < 1.29 is 14.4 Å². The molecule has 1 saturated heterocycles. The first kappa shape index (κ1) is 21.1. The summed E-state index contributed by atoms with van der Waals surface area (Å²) in [5.41, 5.74) is 4.00. The number of anilines is 4. The van der Waals surface area contributed by atoms with Gasteiger partial charge in [-0.15, -0.1) is 0 Å². The van der Waals surface area contributed by atoms with E-state index in [1.807, 2.05) is 31.2 Å². The van der Waals surface area contributed by atoms with E-state index in [-0.39, 0.29) is 17.8 Å². The van der Waals surface area contributed by atoms with Gasteiger partial charge in [0.1, 0.15) is 0 Å². The Balaban J connectivity index is 1.41. The van der Waals surface area contributed by atoms with Crippen LogP contribution in [0.4, 0.5) is 27.5 Å². The highest BCUT2D eigenvalue weighted by atomic mass is 16.2. The molecule has 1 aliphatic heterocycles. The van der Waals surface area contributed by atoms with Crippen molar-refractivity contribution in [1.29, 1.82) is 0 Å². The van der Waals surface area contributed by atoms with Crippen molar-refractivity contribution in [1.82, 2.24) is 0 Å². The standard InChI is InChI=1S/C25H24N4O3/c1-17-9-12-20(27-25(32)26-19-6-3-2-4-7-19)16-22(17)28-24(31)18-10-13-21(14-11-18)29-15-5-8-23(29)30/h2-4,6-7,9-14,16H,5,8,15H2,1H3,(H,28,31)(H2,26,27,32). The zero-order chi connectivity index (χ0) is 22.5. The molecule has 3 aromatic carbocycles. The van der Waals surface area contributed by atoms with E-state index in [0.717, 1.165) is 17.7 Å². The second kappa shape index (κ2) is 9.34. The van der Waals surface area contributed by atoms with Crippen LogP contribution >= 0.6 is 0 Å². The van der Waals surface area contributed by atoms with Crippen LogP contribution in [0, 0.1) is 6.92 Å². The fourth-order valence-electron chi connectivity index (χ4n) is 3.56. The first-order valence-electron chi connectivity index (χ1n) is 10.4. The van der Waals surface area contributed by atoms with Crippen LogP contribution in [0.15, 0.2) is 72.8 Å². The Morgan fingerprint density at radius 1 is 0.844 bits per heavy atom. The molecular formula is C25H24N4O3. The second-order valence-electron chi connectivity index (χ2n) is 7.62. The summed E-state index contributed by atoms with van der Waals surface area (Å²) in [4.78, 5) is 38.6. The van der Waals surface area contributed by atoms with Crippen LogP contribution in [0.3, 0.4) is 0 Å². The fraction of sp³-hybridized carbons (Fsp3) is 0.160. The molecule has 0 atom stereocenters. The summed E-state index contributed by atoms with van der Waals surface area (Å²) >= 11 is 0. The highest BCUT2D eigenvalue weighted by molar-refractivity contribution is 6.06. The van der Waals surface area contributed by atoms with Crippen molar-refractivity contribution in [3.63, 3.8) is 0 Å². The topological polar surface area (TPSA) is 90.5 Å². The van der Waals surface area contributed by atoms with E-state index in [2.05, 4.69) is 16.0 Å². The van der Waals surface area contributed by atoms with Crippen LogP contribution < -0.4 is 20.9 Å². The molecule has 0 aromatic heterocycles. The van der Waals surface area contributed by atoms with Gasteiger partial charge in [-0.25, -0.2) is 4.79 Å². The van der Waals surface area contributed by atoms with Crippen molar-refractivity contribution in [3.8, 4) is 0 Å². The number of hydrogen-bond donors (Lipinski definition) is 3. The first-order valence-corrected chi connectivity index (χ1v) is 10.4. The predicted octanol–water partition coefficient (Wildman–Crippen LogP) is 5.02. The van der Waals surface area contributed by atoms with E-state index in [4.69, 9.17) is 0 Å². The van der Waals surface area contributed by atoms with Gasteiger partial charge in [-0.1, -0.05) is 24.3 Å². The van der Waals surface area contributed by atoms with Crippen molar-refractivity contribution in [2.45, 2.75) is 19.8 Å². The molecule has 0 bridgehead atoms. The lowest BCUT2D eigenvalue weighted by atomic mass is 10.1. The average Bonchev–Trinajstić information content (AvgIpc) is 3.22. The van der Waals surface area contributed by atoms with Crippen molar-refractivity contribution in [2.24, 2.45) is 0 Å². The number of para-hydroxylation sites is 1. The highest BCUT2D eigenvalue weighted by Crippen LogP contribution is 2.24. The number of hydrogen-bond acceptors (Lipinski definition) is 3. The number of amides is 4. The van der Waals surface area contributed by atoms with Gasteiger partial charge < -0.3 is 20.9 Å². The number of carbonyl (C=O) groups is 3. The molecular weight excluding hydrogens is 404 g/mol. The van der Waals surface area contributed by atoms with Crippen LogP contribution in [-0.2, 0) is 4.79 Å². The Morgan fingerprint density at radius 3 is 2.25 bits per heavy atom. The summed E-state index contributed by atoms with van der Waals surface area (Å²) < 4.78 is 0. The lowest BCUT2D eigenvalue weighted by Crippen LogP contribution is -2.23. The van der Waals surface area contributed by atoms with E-state index < -0.39 is 0 Å². The smallest absolute Gasteiger partial charge is 0.322 e. The Hall–Kier alpha value is -4.13. The number of aryl methyl sites for hydroxylation is 1. The van der Waals surface area contributed by atoms with Gasteiger partial charge in [-0.05, 0) is 67.4 Å². The largest absolute Gasteiger partial charge is 0.323 e. The van der Waals surface area contributed by atoms with Gasteiger partial charge >= 0.3 is 6.03 Å². The molecule has 0 saturated carbocycles. The maximum absolute atomic E-state index is 12.7. The van der Waals surface area contributed by atoms with Gasteiger partial charge in [0.25, 0.3) is 5.91 Å². The van der Waals surface area contributed by atoms with Gasteiger partial charge in [0, 0.05) is 41.3 Å². The van der Waals surface area contributed by atoms with Crippen molar-refractivity contribution in [3.05, 3.63) is 83.9 Å². The summed E-state index contributed by atoms with van der Waals surface area (Å²) in [5.74, 6) is -0.156. The minimum absolute atomic E-state index is 0.110. The molecule has 3 aromatic rings. The zero-order valence-corrected chi connectivity index (χ0v) is 17.7. The summed E-state index contributed by atoms with van der Waals surface area (Å²) in [7, 11) is 0. The molecule has 1 fully saturated rings. The summed E-state index contributed by atoms with van der Waals surface area (Å²) in [5, 5.41) is 8.43. The average molecular weight is 428 g/mol. The molecule has 0 radical (unpaired) electrons. The fourth-order valence-corrected chi connectivity index (χ4v) is 3.56. The third-order valence-corrected chi connectivity index (χ3v) is 5.29. The number of nitrogens with zero attached hydrogens (tertiary/aromatic N) is 1. The molecule has 32 heavy (non-hydrogen) atoms. The van der Waals surface area contributed by atoms with Crippen molar-refractivity contribution in [2.75, 3.05) is 27.4 Å². The minimum atomic E-state index is -0.371. The van der Waals surface area contributed by atoms with Gasteiger partial charge in [0.05, 0.1) is 0 Å². The van der Waals surface area contributed by atoms with Crippen molar-refractivity contribution >= 4 is 40.6 Å². The molecule has 1 aliphatic rings. The Labute approximate surface area is 186 Å². The first-order chi connectivity index (χ1) is 15.5. The van der Waals surface area contributed by atoms with Crippen LogP contribution in [-0.4, -0.2) is 24.4 Å². The maximum atomic E-state index is 12.7. The van der Waals surface area contributed by atoms with E-state index in [1.54, 1.807) is 53.4 Å². The lowest BCUT2D eigenvalue weighted by molar-refractivity contribution is -0.117. The molecule has 3 N–H and O–H groups in total. The highest BCUT2D eigenvalue weighted by Gasteiger charge is 2.21. The SMILES string of the molecule is Cc1ccc(NC(=O)Nc2ccccc2)cc1NC(=O)c1ccc(N2CCCC2=O)cc1. The van der Waals surface area contributed by atoms with Crippen LogP contribution in [0.2, 0.25) is 0 Å². The van der Waals surface area contributed by atoms with E-state index in [1.165, 1.54) is 0 Å². The lowest BCUT2D eigenvalue weighted by Gasteiger charge is -2.16. The summed E-state index contributed by atoms with van der Waals surface area (Å²) in [6, 6.07) is 21.1. The monoisotopic (exact) mass is 428 g/mol. The Kier molecular flexibility index (Phi) is 6.17. The number of nitrogens with one attached hydrogen (secondary N) is 3. The number of carbonyl (C=O) groups excluding carboxylic acids is 3. The van der Waals surface area contributed by atoms with E-state index >= 15 is 0 Å². The normalized spacial score (nSPS) is 13.0. The Bertz CT molecular complexity index is 1140. The van der Waals surface area contributed by atoms with Gasteiger partial charge in [-0.3, -0.25) is 9.59 Å². The number of benzene rings is 3. The second-order valence-corrected chi connectivity index (χ2v) is 7.62. The van der Waals surface area contributed by atoms with Crippen LogP contribution in [0.5, 0.6) is 0 Å². The third-order valence-electron chi connectivity index (χ3n) is 5.29. The summed E-state index contributed by atoms with van der Waals surface area (Å²) in [6.45, 7) is 2.59. The molecule has 1 heterocycles. The number of rotatable bonds is 5. The number of urea groups is 1.